The fourth-order valence-electron chi connectivity index (χ4n) is 1.47. The number of aromatic carboxylic acids is 1. The van der Waals surface area contributed by atoms with Crippen molar-refractivity contribution in [1.82, 2.24) is 4.98 Å². The molecule has 6 heteroatoms. The Bertz CT molecular complexity index is 608. The fraction of sp³-hybridized carbons (Fsp3) is 0. The summed E-state index contributed by atoms with van der Waals surface area (Å²) in [5.74, 6) is -1.11. The summed E-state index contributed by atoms with van der Waals surface area (Å²) >= 11 is 0. The van der Waals surface area contributed by atoms with Crippen LogP contribution in [0.2, 0.25) is 0 Å². The summed E-state index contributed by atoms with van der Waals surface area (Å²) in [4.78, 5) is 24.7. The van der Waals surface area contributed by atoms with Crippen LogP contribution in [0.4, 0.5) is 5.69 Å². The van der Waals surface area contributed by atoms with E-state index >= 15 is 0 Å². The maximum absolute atomic E-state index is 10.8. The molecule has 0 atom stereocenters. The van der Waals surface area contributed by atoms with Crippen molar-refractivity contribution in [2.45, 2.75) is 0 Å². The largest absolute Gasteiger partial charge is 0.477 e. The van der Waals surface area contributed by atoms with Crippen molar-refractivity contribution < 1.29 is 14.8 Å². The monoisotopic (exact) mass is 244 g/mol. The predicted octanol–water partition coefficient (Wildman–Crippen LogP) is 2.36. The molecule has 0 amide bonds. The zero-order valence-electron chi connectivity index (χ0n) is 9.11. The standard InChI is InChI=1S/C12H8N2O4/c15-12(16)11-3-1-2-10(13-11)8-4-6-9(7-5-8)14(17)18/h1-7H,(H,15,16). The van der Waals surface area contributed by atoms with E-state index in [0.29, 0.717) is 11.3 Å². The van der Waals surface area contributed by atoms with Crippen LogP contribution < -0.4 is 0 Å². The van der Waals surface area contributed by atoms with Crippen molar-refractivity contribution in [3.8, 4) is 11.3 Å². The lowest BCUT2D eigenvalue weighted by atomic mass is 10.1. The Balaban J connectivity index is 2.39. The number of nitro groups is 1. The Morgan fingerprint density at radius 2 is 1.83 bits per heavy atom. The predicted molar refractivity (Wildman–Crippen MR) is 63.3 cm³/mol. The number of carboxylic acids is 1. The minimum Gasteiger partial charge on any atom is -0.477 e. The number of pyridine rings is 1. The van der Waals surface area contributed by atoms with E-state index in [1.807, 2.05) is 0 Å². The van der Waals surface area contributed by atoms with Crippen molar-refractivity contribution in [3.63, 3.8) is 0 Å². The Kier molecular flexibility index (Phi) is 3.01. The zero-order valence-corrected chi connectivity index (χ0v) is 9.11. The minimum atomic E-state index is -1.11. The SMILES string of the molecule is O=C(O)c1cccc(-c2ccc([N+](=O)[O-])cc2)n1. The first-order chi connectivity index (χ1) is 8.58. The van der Waals surface area contributed by atoms with E-state index in [1.54, 1.807) is 12.1 Å². The highest BCUT2D eigenvalue weighted by Gasteiger charge is 2.08. The number of nitro benzene ring substituents is 1. The van der Waals surface area contributed by atoms with Gasteiger partial charge in [-0.15, -0.1) is 0 Å². The zero-order chi connectivity index (χ0) is 13.1. The average molecular weight is 244 g/mol. The molecule has 0 saturated heterocycles. The van der Waals surface area contributed by atoms with Crippen LogP contribution in [0.5, 0.6) is 0 Å². The van der Waals surface area contributed by atoms with Crippen LogP contribution >= 0.6 is 0 Å². The second kappa shape index (κ2) is 4.62. The first-order valence-electron chi connectivity index (χ1n) is 5.03. The van der Waals surface area contributed by atoms with Gasteiger partial charge < -0.3 is 5.11 Å². The summed E-state index contributed by atoms with van der Waals surface area (Å²) in [6.45, 7) is 0. The molecule has 1 aromatic heterocycles. The van der Waals surface area contributed by atoms with Crippen LogP contribution in [0.25, 0.3) is 11.3 Å². The van der Waals surface area contributed by atoms with Gasteiger partial charge in [-0.2, -0.15) is 0 Å². The van der Waals surface area contributed by atoms with Crippen LogP contribution in [-0.4, -0.2) is 21.0 Å². The maximum Gasteiger partial charge on any atom is 0.354 e. The van der Waals surface area contributed by atoms with Gasteiger partial charge in [0, 0.05) is 17.7 Å². The quantitative estimate of drug-likeness (QED) is 0.660. The van der Waals surface area contributed by atoms with Gasteiger partial charge in [-0.3, -0.25) is 10.1 Å². The molecule has 0 unspecified atom stereocenters. The third kappa shape index (κ3) is 2.32. The van der Waals surface area contributed by atoms with Crippen molar-refractivity contribution in [1.29, 1.82) is 0 Å². The third-order valence-electron chi connectivity index (χ3n) is 2.34. The van der Waals surface area contributed by atoms with Crippen molar-refractivity contribution >= 4 is 11.7 Å². The lowest BCUT2D eigenvalue weighted by Gasteiger charge is -2.01. The summed E-state index contributed by atoms with van der Waals surface area (Å²) in [6, 6.07) is 10.4. The number of non-ortho nitro benzene ring substituents is 1. The number of rotatable bonds is 3. The number of nitrogens with zero attached hydrogens (tertiary/aromatic N) is 2. The van der Waals surface area contributed by atoms with Gasteiger partial charge in [-0.1, -0.05) is 6.07 Å². The molecular weight excluding hydrogens is 236 g/mol. The lowest BCUT2D eigenvalue weighted by Crippen LogP contribution is -2.00. The summed E-state index contributed by atoms with van der Waals surface area (Å²) < 4.78 is 0. The van der Waals surface area contributed by atoms with Gasteiger partial charge in [0.2, 0.25) is 0 Å². The number of hydrogen-bond donors (Lipinski definition) is 1. The highest BCUT2D eigenvalue weighted by atomic mass is 16.6. The van der Waals surface area contributed by atoms with Gasteiger partial charge in [-0.25, -0.2) is 9.78 Å². The van der Waals surface area contributed by atoms with Gasteiger partial charge in [0.1, 0.15) is 5.69 Å². The number of benzene rings is 1. The van der Waals surface area contributed by atoms with Gasteiger partial charge in [-0.05, 0) is 24.3 Å². The highest BCUT2D eigenvalue weighted by Crippen LogP contribution is 2.20. The van der Waals surface area contributed by atoms with Crippen molar-refractivity contribution in [3.05, 3.63) is 58.3 Å². The smallest absolute Gasteiger partial charge is 0.354 e. The normalized spacial score (nSPS) is 10.0. The van der Waals surface area contributed by atoms with Gasteiger partial charge >= 0.3 is 5.97 Å². The molecule has 6 nitrogen and oxygen atoms in total. The first kappa shape index (κ1) is 11.7. The van der Waals surface area contributed by atoms with E-state index in [0.717, 1.165) is 0 Å². The lowest BCUT2D eigenvalue weighted by molar-refractivity contribution is -0.384. The molecule has 1 heterocycles. The summed E-state index contributed by atoms with van der Waals surface area (Å²) in [5.41, 5.74) is 1.01. The van der Waals surface area contributed by atoms with Crippen LogP contribution in [0.3, 0.4) is 0 Å². The molecule has 0 radical (unpaired) electrons. The number of carbonyl (C=O) groups is 1. The fourth-order valence-corrected chi connectivity index (χ4v) is 1.47. The van der Waals surface area contributed by atoms with E-state index < -0.39 is 10.9 Å². The molecule has 1 aromatic carbocycles. The second-order valence-electron chi connectivity index (χ2n) is 3.52. The summed E-state index contributed by atoms with van der Waals surface area (Å²) in [5, 5.41) is 19.3. The van der Waals surface area contributed by atoms with E-state index in [-0.39, 0.29) is 11.4 Å². The molecule has 0 bridgehead atoms. The number of carboxylic acid groups (broad SMARTS) is 1. The molecule has 2 aromatic rings. The van der Waals surface area contributed by atoms with E-state index in [2.05, 4.69) is 4.98 Å². The van der Waals surface area contributed by atoms with Crippen molar-refractivity contribution in [2.75, 3.05) is 0 Å². The first-order valence-corrected chi connectivity index (χ1v) is 5.03. The topological polar surface area (TPSA) is 93.3 Å². The summed E-state index contributed by atoms with van der Waals surface area (Å²) in [6.07, 6.45) is 0. The second-order valence-corrected chi connectivity index (χ2v) is 3.52. The van der Waals surface area contributed by atoms with Crippen LogP contribution in [0, 0.1) is 10.1 Å². The maximum atomic E-state index is 10.8. The van der Waals surface area contributed by atoms with Gasteiger partial charge in [0.15, 0.2) is 0 Å². The number of hydrogen-bond acceptors (Lipinski definition) is 4. The molecule has 0 saturated carbocycles. The third-order valence-corrected chi connectivity index (χ3v) is 2.34. The molecule has 18 heavy (non-hydrogen) atoms. The Labute approximate surface area is 102 Å². The molecule has 0 spiro atoms. The van der Waals surface area contributed by atoms with Gasteiger partial charge in [0.25, 0.3) is 5.69 Å². The number of aromatic nitrogens is 1. The molecule has 1 N–H and O–H groups in total. The van der Waals surface area contributed by atoms with Crippen LogP contribution in [0.15, 0.2) is 42.5 Å². The molecule has 0 aliphatic carbocycles. The highest BCUT2D eigenvalue weighted by molar-refractivity contribution is 5.86. The molecule has 0 fully saturated rings. The molecule has 0 aliphatic heterocycles. The molecule has 90 valence electrons. The average Bonchev–Trinajstić information content (AvgIpc) is 2.39. The Morgan fingerprint density at radius 1 is 1.17 bits per heavy atom. The Morgan fingerprint density at radius 3 is 2.39 bits per heavy atom. The van der Waals surface area contributed by atoms with Crippen LogP contribution in [0.1, 0.15) is 10.5 Å². The minimum absolute atomic E-state index is 0.0202. The van der Waals surface area contributed by atoms with E-state index in [9.17, 15) is 14.9 Å². The van der Waals surface area contributed by atoms with E-state index in [1.165, 1.54) is 30.3 Å². The Hall–Kier alpha value is -2.76. The molecule has 2 rings (SSSR count). The van der Waals surface area contributed by atoms with Crippen LogP contribution in [-0.2, 0) is 0 Å². The van der Waals surface area contributed by atoms with Gasteiger partial charge in [0.05, 0.1) is 10.6 Å². The molecular formula is C12H8N2O4. The van der Waals surface area contributed by atoms with Crippen molar-refractivity contribution in [2.24, 2.45) is 0 Å². The summed E-state index contributed by atoms with van der Waals surface area (Å²) in [7, 11) is 0. The van der Waals surface area contributed by atoms with E-state index in [4.69, 9.17) is 5.11 Å². The molecule has 0 aliphatic rings.